The van der Waals surface area contributed by atoms with Crippen LogP contribution in [-0.2, 0) is 0 Å². The fourth-order valence-electron chi connectivity index (χ4n) is 1.76. The summed E-state index contributed by atoms with van der Waals surface area (Å²) in [4.78, 5) is 6.73. The quantitative estimate of drug-likeness (QED) is 0.775. The van der Waals surface area contributed by atoms with E-state index in [4.69, 9.17) is 5.73 Å². The van der Waals surface area contributed by atoms with Crippen molar-refractivity contribution in [3.8, 4) is 0 Å². The van der Waals surface area contributed by atoms with Crippen molar-refractivity contribution in [2.45, 2.75) is 25.4 Å². The summed E-state index contributed by atoms with van der Waals surface area (Å²) in [5, 5.41) is 3.23. The minimum absolute atomic E-state index is 0.363. The van der Waals surface area contributed by atoms with Gasteiger partial charge in [0.1, 0.15) is 5.01 Å². The van der Waals surface area contributed by atoms with Crippen molar-refractivity contribution in [1.82, 2.24) is 9.88 Å². The van der Waals surface area contributed by atoms with Gasteiger partial charge in [-0.25, -0.2) is 4.98 Å². The van der Waals surface area contributed by atoms with E-state index in [1.54, 1.807) is 11.3 Å². The first-order valence-electron chi connectivity index (χ1n) is 4.66. The van der Waals surface area contributed by atoms with Gasteiger partial charge in [0, 0.05) is 30.7 Å². The summed E-state index contributed by atoms with van der Waals surface area (Å²) in [5.41, 5.74) is 5.86. The summed E-state index contributed by atoms with van der Waals surface area (Å²) >= 11 is 1.73. The van der Waals surface area contributed by atoms with Crippen molar-refractivity contribution in [1.29, 1.82) is 0 Å². The second kappa shape index (κ2) is 3.74. The third-order valence-electron chi connectivity index (χ3n) is 2.61. The monoisotopic (exact) mass is 197 g/mol. The number of nitrogens with two attached hydrogens (primary N) is 1. The predicted molar refractivity (Wildman–Crippen MR) is 54.7 cm³/mol. The van der Waals surface area contributed by atoms with Crippen LogP contribution in [0.2, 0.25) is 0 Å². The molecule has 0 amide bonds. The molecule has 0 bridgehead atoms. The van der Waals surface area contributed by atoms with Crippen LogP contribution in [0.25, 0.3) is 0 Å². The van der Waals surface area contributed by atoms with E-state index < -0.39 is 0 Å². The van der Waals surface area contributed by atoms with Crippen LogP contribution in [0, 0.1) is 0 Å². The molecular formula is C9H15N3S. The lowest BCUT2D eigenvalue weighted by Crippen LogP contribution is -2.28. The molecule has 4 heteroatoms. The van der Waals surface area contributed by atoms with Crippen LogP contribution < -0.4 is 5.73 Å². The molecular weight excluding hydrogens is 182 g/mol. The van der Waals surface area contributed by atoms with Gasteiger partial charge < -0.3 is 5.73 Å². The number of hydrogen-bond donors (Lipinski definition) is 1. The molecule has 2 heterocycles. The molecule has 72 valence electrons. The maximum atomic E-state index is 5.86. The number of hydrogen-bond acceptors (Lipinski definition) is 4. The average Bonchev–Trinajstić information content (AvgIpc) is 2.72. The number of aromatic nitrogens is 1. The van der Waals surface area contributed by atoms with Crippen molar-refractivity contribution in [3.63, 3.8) is 0 Å². The topological polar surface area (TPSA) is 42.2 Å². The van der Waals surface area contributed by atoms with Crippen molar-refractivity contribution in [3.05, 3.63) is 16.6 Å². The van der Waals surface area contributed by atoms with Gasteiger partial charge in [0.05, 0.1) is 6.04 Å². The van der Waals surface area contributed by atoms with E-state index in [-0.39, 0.29) is 0 Å². The summed E-state index contributed by atoms with van der Waals surface area (Å²) in [5.74, 6) is 0. The second-order valence-electron chi connectivity index (χ2n) is 3.59. The maximum Gasteiger partial charge on any atom is 0.109 e. The molecule has 2 N–H and O–H groups in total. The fourth-order valence-corrected chi connectivity index (χ4v) is 2.49. The van der Waals surface area contributed by atoms with Crippen LogP contribution >= 0.6 is 11.3 Å². The van der Waals surface area contributed by atoms with E-state index in [1.165, 1.54) is 5.01 Å². The van der Waals surface area contributed by atoms with E-state index in [1.807, 2.05) is 11.6 Å². The molecule has 1 fully saturated rings. The molecule has 0 unspecified atom stereocenters. The number of rotatable bonds is 2. The number of nitrogens with zero attached hydrogens (tertiary/aromatic N) is 2. The molecule has 1 aromatic heterocycles. The fraction of sp³-hybridized carbons (Fsp3) is 0.667. The Morgan fingerprint density at radius 2 is 2.62 bits per heavy atom. The average molecular weight is 197 g/mol. The molecule has 0 spiro atoms. The van der Waals surface area contributed by atoms with Crippen LogP contribution in [0.15, 0.2) is 11.6 Å². The second-order valence-corrected chi connectivity index (χ2v) is 4.52. The van der Waals surface area contributed by atoms with Crippen LogP contribution in [0.5, 0.6) is 0 Å². The Balaban J connectivity index is 2.02. The summed E-state index contributed by atoms with van der Waals surface area (Å²) in [7, 11) is 0. The molecule has 3 nitrogen and oxygen atoms in total. The summed E-state index contributed by atoms with van der Waals surface area (Å²) in [6.07, 6.45) is 2.99. The zero-order chi connectivity index (χ0) is 9.26. The SMILES string of the molecule is C[C@H](c1nccs1)N1CC[C@@H](N)C1. The molecule has 2 atom stereocenters. The van der Waals surface area contributed by atoms with Gasteiger partial charge in [0.25, 0.3) is 0 Å². The standard InChI is InChI=1S/C9H15N3S/c1-7(9-11-3-5-13-9)12-4-2-8(10)6-12/h3,5,7-8H,2,4,6,10H2,1H3/t7-,8-/m1/s1. The first kappa shape index (κ1) is 9.12. The van der Waals surface area contributed by atoms with Gasteiger partial charge in [0.2, 0.25) is 0 Å². The van der Waals surface area contributed by atoms with Crippen LogP contribution in [0.1, 0.15) is 24.4 Å². The highest BCUT2D eigenvalue weighted by Crippen LogP contribution is 2.25. The summed E-state index contributed by atoms with van der Waals surface area (Å²) in [6, 6.07) is 0.802. The molecule has 1 aliphatic heterocycles. The Labute approximate surface area is 82.6 Å². The third-order valence-corrected chi connectivity index (χ3v) is 3.56. The zero-order valence-electron chi connectivity index (χ0n) is 7.81. The van der Waals surface area contributed by atoms with Crippen LogP contribution in [0.4, 0.5) is 0 Å². The van der Waals surface area contributed by atoms with Gasteiger partial charge >= 0.3 is 0 Å². The van der Waals surface area contributed by atoms with Gasteiger partial charge in [-0.3, -0.25) is 4.90 Å². The third kappa shape index (κ3) is 1.90. The Morgan fingerprint density at radius 1 is 1.77 bits per heavy atom. The molecule has 0 radical (unpaired) electrons. The number of likely N-dealkylation sites (tertiary alicyclic amines) is 1. The smallest absolute Gasteiger partial charge is 0.109 e. The minimum Gasteiger partial charge on any atom is -0.326 e. The Hall–Kier alpha value is -0.450. The normalized spacial score (nSPS) is 26.5. The highest BCUT2D eigenvalue weighted by molar-refractivity contribution is 7.09. The van der Waals surface area contributed by atoms with E-state index in [0.717, 1.165) is 19.5 Å². The minimum atomic E-state index is 0.363. The van der Waals surface area contributed by atoms with E-state index >= 15 is 0 Å². The molecule has 1 saturated heterocycles. The molecule has 2 rings (SSSR count). The lowest BCUT2D eigenvalue weighted by atomic mass is 10.3. The van der Waals surface area contributed by atoms with Crippen molar-refractivity contribution in [2.75, 3.05) is 13.1 Å². The van der Waals surface area contributed by atoms with Gasteiger partial charge in [0.15, 0.2) is 0 Å². The number of thiazole rings is 1. The predicted octanol–water partition coefficient (Wildman–Crippen LogP) is 1.24. The molecule has 0 aliphatic carbocycles. The Kier molecular flexibility index (Phi) is 2.62. The Morgan fingerprint density at radius 3 is 3.15 bits per heavy atom. The van der Waals surface area contributed by atoms with Gasteiger partial charge in [-0.1, -0.05) is 0 Å². The van der Waals surface area contributed by atoms with Crippen LogP contribution in [0.3, 0.4) is 0 Å². The largest absolute Gasteiger partial charge is 0.326 e. The molecule has 1 aliphatic rings. The first-order chi connectivity index (χ1) is 6.27. The van der Waals surface area contributed by atoms with E-state index in [9.17, 15) is 0 Å². The molecule has 1 aromatic rings. The van der Waals surface area contributed by atoms with Crippen molar-refractivity contribution >= 4 is 11.3 Å². The first-order valence-corrected chi connectivity index (χ1v) is 5.54. The van der Waals surface area contributed by atoms with Crippen LogP contribution in [-0.4, -0.2) is 29.0 Å². The maximum absolute atomic E-state index is 5.86. The van der Waals surface area contributed by atoms with Gasteiger partial charge in [-0.15, -0.1) is 11.3 Å². The zero-order valence-corrected chi connectivity index (χ0v) is 8.63. The lowest BCUT2D eigenvalue weighted by Gasteiger charge is -2.21. The van der Waals surface area contributed by atoms with E-state index in [0.29, 0.717) is 12.1 Å². The lowest BCUT2D eigenvalue weighted by molar-refractivity contribution is 0.259. The molecule has 0 aromatic carbocycles. The Bertz CT molecular complexity index is 260. The van der Waals surface area contributed by atoms with Crippen molar-refractivity contribution < 1.29 is 0 Å². The molecule has 0 saturated carbocycles. The molecule has 13 heavy (non-hydrogen) atoms. The van der Waals surface area contributed by atoms with E-state index in [2.05, 4.69) is 16.8 Å². The highest BCUT2D eigenvalue weighted by atomic mass is 32.1. The van der Waals surface area contributed by atoms with Gasteiger partial charge in [-0.05, 0) is 13.3 Å². The summed E-state index contributed by atoms with van der Waals surface area (Å²) in [6.45, 7) is 4.33. The van der Waals surface area contributed by atoms with Crippen molar-refractivity contribution in [2.24, 2.45) is 5.73 Å². The summed E-state index contributed by atoms with van der Waals surface area (Å²) < 4.78 is 0. The van der Waals surface area contributed by atoms with Gasteiger partial charge in [-0.2, -0.15) is 0 Å². The highest BCUT2D eigenvalue weighted by Gasteiger charge is 2.25.